The predicted octanol–water partition coefficient (Wildman–Crippen LogP) is 3.71. The van der Waals surface area contributed by atoms with Crippen LogP contribution in [-0.2, 0) is 6.54 Å². The van der Waals surface area contributed by atoms with Crippen molar-refractivity contribution in [1.82, 2.24) is 14.5 Å². The highest BCUT2D eigenvalue weighted by Crippen LogP contribution is 2.23. The second kappa shape index (κ2) is 6.48. The quantitative estimate of drug-likeness (QED) is 0.738. The molecule has 0 aliphatic carbocycles. The molecule has 4 heteroatoms. The second-order valence-electron chi connectivity index (χ2n) is 6.38. The number of benzene rings is 1. The van der Waals surface area contributed by atoms with Gasteiger partial charge in [-0.3, -0.25) is 4.79 Å². The summed E-state index contributed by atoms with van der Waals surface area (Å²) in [6.07, 6.45) is 7.20. The van der Waals surface area contributed by atoms with E-state index in [4.69, 9.17) is 0 Å². The van der Waals surface area contributed by atoms with E-state index in [0.29, 0.717) is 0 Å². The van der Waals surface area contributed by atoms with Crippen LogP contribution in [0.3, 0.4) is 0 Å². The molecule has 122 valence electrons. The van der Waals surface area contributed by atoms with E-state index in [0.717, 1.165) is 49.1 Å². The molecular weight excluding hydrogens is 298 g/mol. The average Bonchev–Trinajstić information content (AvgIpc) is 3.01. The molecule has 1 fully saturated rings. The van der Waals surface area contributed by atoms with E-state index in [-0.39, 0.29) is 5.91 Å². The van der Waals surface area contributed by atoms with Crippen LogP contribution in [0.2, 0.25) is 0 Å². The van der Waals surface area contributed by atoms with E-state index >= 15 is 0 Å². The number of rotatable bonds is 3. The SMILES string of the molecule is O=C(c1cn(Cc2ccccc2)c2ncccc12)N1CCCCC1. The third-order valence-electron chi connectivity index (χ3n) is 4.70. The van der Waals surface area contributed by atoms with E-state index in [1.807, 2.05) is 41.4 Å². The molecule has 3 heterocycles. The molecule has 0 N–H and O–H groups in total. The van der Waals surface area contributed by atoms with Crippen LogP contribution in [0, 0.1) is 0 Å². The molecule has 1 amide bonds. The number of hydrogen-bond donors (Lipinski definition) is 0. The largest absolute Gasteiger partial charge is 0.339 e. The minimum atomic E-state index is 0.138. The number of hydrogen-bond acceptors (Lipinski definition) is 2. The van der Waals surface area contributed by atoms with Gasteiger partial charge in [0.1, 0.15) is 5.65 Å². The van der Waals surface area contributed by atoms with Gasteiger partial charge in [-0.25, -0.2) is 4.98 Å². The van der Waals surface area contributed by atoms with Crippen molar-refractivity contribution in [1.29, 1.82) is 0 Å². The normalized spacial score (nSPS) is 14.9. The molecule has 0 atom stereocenters. The molecular formula is C20H21N3O. The van der Waals surface area contributed by atoms with Gasteiger partial charge < -0.3 is 9.47 Å². The predicted molar refractivity (Wildman–Crippen MR) is 95.0 cm³/mol. The van der Waals surface area contributed by atoms with Crippen molar-refractivity contribution in [2.24, 2.45) is 0 Å². The fourth-order valence-corrected chi connectivity index (χ4v) is 3.46. The number of amides is 1. The van der Waals surface area contributed by atoms with Crippen LogP contribution in [0.5, 0.6) is 0 Å². The first-order chi connectivity index (χ1) is 11.8. The minimum Gasteiger partial charge on any atom is -0.339 e. The molecule has 2 aromatic heterocycles. The van der Waals surface area contributed by atoms with E-state index in [2.05, 4.69) is 21.7 Å². The third-order valence-corrected chi connectivity index (χ3v) is 4.70. The van der Waals surface area contributed by atoms with Gasteiger partial charge in [0.05, 0.1) is 5.56 Å². The van der Waals surface area contributed by atoms with Gasteiger partial charge in [0.15, 0.2) is 0 Å². The standard InChI is InChI=1S/C20H21N3O/c24-20(22-12-5-2-6-13-22)18-15-23(14-16-8-3-1-4-9-16)19-17(18)10-7-11-21-19/h1,3-4,7-11,15H,2,5-6,12-14H2. The van der Waals surface area contributed by atoms with Gasteiger partial charge in [-0.2, -0.15) is 0 Å². The van der Waals surface area contributed by atoms with Gasteiger partial charge in [-0.05, 0) is 37.0 Å². The number of pyridine rings is 1. The van der Waals surface area contributed by atoms with E-state index in [1.54, 1.807) is 6.20 Å². The molecule has 1 aromatic carbocycles. The zero-order chi connectivity index (χ0) is 16.4. The Morgan fingerprint density at radius 2 is 1.79 bits per heavy atom. The van der Waals surface area contributed by atoms with E-state index < -0.39 is 0 Å². The fraction of sp³-hybridized carbons (Fsp3) is 0.300. The molecule has 0 spiro atoms. The van der Waals surface area contributed by atoms with Gasteiger partial charge in [0.2, 0.25) is 0 Å². The Labute approximate surface area is 141 Å². The summed E-state index contributed by atoms with van der Waals surface area (Å²) in [6.45, 7) is 2.45. The maximum Gasteiger partial charge on any atom is 0.256 e. The second-order valence-corrected chi connectivity index (χ2v) is 6.38. The zero-order valence-corrected chi connectivity index (χ0v) is 13.7. The lowest BCUT2D eigenvalue weighted by atomic mass is 10.1. The van der Waals surface area contributed by atoms with Crippen LogP contribution < -0.4 is 0 Å². The molecule has 1 aliphatic rings. The lowest BCUT2D eigenvalue weighted by Gasteiger charge is -2.26. The van der Waals surface area contributed by atoms with Crippen LogP contribution in [-0.4, -0.2) is 33.4 Å². The van der Waals surface area contributed by atoms with Crippen LogP contribution >= 0.6 is 0 Å². The Morgan fingerprint density at radius 1 is 1.00 bits per heavy atom. The van der Waals surface area contributed by atoms with Gasteiger partial charge in [0.25, 0.3) is 5.91 Å². The first-order valence-corrected chi connectivity index (χ1v) is 8.60. The fourth-order valence-electron chi connectivity index (χ4n) is 3.46. The summed E-state index contributed by atoms with van der Waals surface area (Å²) in [5.41, 5.74) is 2.86. The summed E-state index contributed by atoms with van der Waals surface area (Å²) in [4.78, 5) is 19.5. The minimum absolute atomic E-state index is 0.138. The lowest BCUT2D eigenvalue weighted by Crippen LogP contribution is -2.35. The molecule has 0 unspecified atom stereocenters. The zero-order valence-electron chi connectivity index (χ0n) is 13.7. The van der Waals surface area contributed by atoms with Crippen molar-refractivity contribution in [2.45, 2.75) is 25.8 Å². The first kappa shape index (κ1) is 14.9. The number of fused-ring (bicyclic) bond motifs is 1. The summed E-state index contributed by atoms with van der Waals surface area (Å²) >= 11 is 0. The summed E-state index contributed by atoms with van der Waals surface area (Å²) < 4.78 is 2.09. The first-order valence-electron chi connectivity index (χ1n) is 8.60. The molecule has 0 radical (unpaired) electrons. The van der Waals surface area contributed by atoms with E-state index in [9.17, 15) is 4.79 Å². The Hall–Kier alpha value is -2.62. The highest BCUT2D eigenvalue weighted by atomic mass is 16.2. The lowest BCUT2D eigenvalue weighted by molar-refractivity contribution is 0.0726. The molecule has 1 saturated heterocycles. The Balaban J connectivity index is 1.72. The number of aromatic nitrogens is 2. The van der Waals surface area contributed by atoms with Crippen molar-refractivity contribution in [2.75, 3.05) is 13.1 Å². The van der Waals surface area contributed by atoms with Gasteiger partial charge in [0, 0.05) is 37.4 Å². The molecule has 0 bridgehead atoms. The van der Waals surface area contributed by atoms with Gasteiger partial charge >= 0.3 is 0 Å². The maximum absolute atomic E-state index is 13.0. The van der Waals surface area contributed by atoms with Gasteiger partial charge in [-0.1, -0.05) is 30.3 Å². The number of nitrogens with zero attached hydrogens (tertiary/aromatic N) is 3. The summed E-state index contributed by atoms with van der Waals surface area (Å²) in [5, 5.41) is 0.948. The summed E-state index contributed by atoms with van der Waals surface area (Å²) in [7, 11) is 0. The molecule has 0 saturated carbocycles. The van der Waals surface area contributed by atoms with E-state index in [1.165, 1.54) is 12.0 Å². The third kappa shape index (κ3) is 2.80. The van der Waals surface area contributed by atoms with Crippen LogP contribution in [0.1, 0.15) is 35.2 Å². The number of likely N-dealkylation sites (tertiary alicyclic amines) is 1. The van der Waals surface area contributed by atoms with Gasteiger partial charge in [-0.15, -0.1) is 0 Å². The Kier molecular flexibility index (Phi) is 4.03. The summed E-state index contributed by atoms with van der Waals surface area (Å²) in [6, 6.07) is 14.2. The van der Waals surface area contributed by atoms with Crippen LogP contribution in [0.15, 0.2) is 54.9 Å². The smallest absolute Gasteiger partial charge is 0.256 e. The van der Waals surface area contributed by atoms with Crippen molar-refractivity contribution < 1.29 is 4.79 Å². The Morgan fingerprint density at radius 3 is 2.58 bits per heavy atom. The Bertz CT molecular complexity index is 848. The van der Waals surface area contributed by atoms with Crippen molar-refractivity contribution in [3.63, 3.8) is 0 Å². The number of carbonyl (C=O) groups excluding carboxylic acids is 1. The monoisotopic (exact) mass is 319 g/mol. The molecule has 24 heavy (non-hydrogen) atoms. The highest BCUT2D eigenvalue weighted by Gasteiger charge is 2.22. The highest BCUT2D eigenvalue weighted by molar-refractivity contribution is 6.06. The van der Waals surface area contributed by atoms with Crippen molar-refractivity contribution in [3.05, 3.63) is 66.0 Å². The number of piperidine rings is 1. The molecule has 4 nitrogen and oxygen atoms in total. The average molecular weight is 319 g/mol. The topological polar surface area (TPSA) is 38.1 Å². The molecule has 3 aromatic rings. The maximum atomic E-state index is 13.0. The molecule has 1 aliphatic heterocycles. The van der Waals surface area contributed by atoms with Crippen LogP contribution in [0.4, 0.5) is 0 Å². The van der Waals surface area contributed by atoms with Crippen molar-refractivity contribution >= 4 is 16.9 Å². The molecule has 4 rings (SSSR count). The number of carbonyl (C=O) groups is 1. The van der Waals surface area contributed by atoms with Crippen molar-refractivity contribution in [3.8, 4) is 0 Å². The van der Waals surface area contributed by atoms with Crippen LogP contribution in [0.25, 0.3) is 11.0 Å². The summed E-state index contributed by atoms with van der Waals surface area (Å²) in [5.74, 6) is 0.138.